The topological polar surface area (TPSA) is 49.0 Å². The highest BCUT2D eigenvalue weighted by molar-refractivity contribution is 6.30. The Morgan fingerprint density at radius 1 is 1.07 bits per heavy atom. The van der Waals surface area contributed by atoms with Crippen molar-refractivity contribution in [3.63, 3.8) is 0 Å². The number of aryl methyl sites for hydroxylation is 1. The van der Waals surface area contributed by atoms with E-state index < -0.39 is 0 Å². The summed E-state index contributed by atoms with van der Waals surface area (Å²) < 4.78 is 0. The number of aromatic amines is 1. The van der Waals surface area contributed by atoms with Gasteiger partial charge >= 0.3 is 0 Å². The monoisotopic (exact) mass is 429 g/mol. The van der Waals surface area contributed by atoms with Gasteiger partial charge in [0.15, 0.2) is 0 Å². The van der Waals surface area contributed by atoms with Crippen LogP contribution in [-0.4, -0.2) is 34.1 Å². The standard InChI is InChI=1S/C23H25Cl2N3O/c1-4-20-14-22(27-26-20)23(29)28(3)15(2)21(17-7-11-19(25)12-8-17)13-16-5-9-18(24)10-6-16/h5-12,14-15,21H,4,13H2,1-3H3,(H,26,27). The number of hydrogen-bond acceptors (Lipinski definition) is 2. The summed E-state index contributed by atoms with van der Waals surface area (Å²) in [6.07, 6.45) is 1.56. The minimum absolute atomic E-state index is 0.0484. The fourth-order valence-electron chi connectivity index (χ4n) is 3.45. The van der Waals surface area contributed by atoms with E-state index in [0.717, 1.165) is 29.7 Å². The van der Waals surface area contributed by atoms with E-state index in [1.54, 1.807) is 4.90 Å². The van der Waals surface area contributed by atoms with Crippen molar-refractivity contribution in [2.24, 2.45) is 0 Å². The zero-order valence-corrected chi connectivity index (χ0v) is 18.3. The summed E-state index contributed by atoms with van der Waals surface area (Å²) in [5.74, 6) is 0.0238. The van der Waals surface area contributed by atoms with Crippen molar-refractivity contribution < 1.29 is 4.79 Å². The third kappa shape index (κ3) is 5.20. The minimum atomic E-state index is -0.0697. The van der Waals surface area contributed by atoms with Crippen LogP contribution in [0.4, 0.5) is 0 Å². The van der Waals surface area contributed by atoms with Gasteiger partial charge in [-0.05, 0) is 61.2 Å². The van der Waals surface area contributed by atoms with Crippen LogP contribution in [-0.2, 0) is 12.8 Å². The second-order valence-corrected chi connectivity index (χ2v) is 8.14. The number of hydrogen-bond donors (Lipinski definition) is 1. The summed E-state index contributed by atoms with van der Waals surface area (Å²) in [4.78, 5) is 14.8. The molecule has 0 aliphatic carbocycles. The molecule has 1 amide bonds. The second-order valence-electron chi connectivity index (χ2n) is 7.27. The number of carbonyl (C=O) groups excluding carboxylic acids is 1. The lowest BCUT2D eigenvalue weighted by Gasteiger charge is -2.32. The molecule has 152 valence electrons. The summed E-state index contributed by atoms with van der Waals surface area (Å²) in [6.45, 7) is 4.09. The first-order valence-corrected chi connectivity index (χ1v) is 10.5. The molecule has 29 heavy (non-hydrogen) atoms. The molecular weight excluding hydrogens is 405 g/mol. The summed E-state index contributed by atoms with van der Waals surface area (Å²) in [7, 11) is 1.84. The van der Waals surface area contributed by atoms with Crippen molar-refractivity contribution in [2.75, 3.05) is 7.05 Å². The van der Waals surface area contributed by atoms with E-state index in [1.165, 1.54) is 0 Å². The first-order valence-electron chi connectivity index (χ1n) is 9.70. The van der Waals surface area contributed by atoms with Crippen molar-refractivity contribution in [3.8, 4) is 0 Å². The first kappa shape index (κ1) is 21.4. The van der Waals surface area contributed by atoms with Gasteiger partial charge in [-0.2, -0.15) is 5.10 Å². The van der Waals surface area contributed by atoms with E-state index in [4.69, 9.17) is 23.2 Å². The zero-order chi connectivity index (χ0) is 21.0. The maximum atomic E-state index is 13.0. The van der Waals surface area contributed by atoms with Crippen molar-refractivity contribution >= 4 is 29.1 Å². The molecule has 0 fully saturated rings. The lowest BCUT2D eigenvalue weighted by molar-refractivity contribution is 0.0715. The van der Waals surface area contributed by atoms with Crippen LogP contribution in [0.5, 0.6) is 0 Å². The van der Waals surface area contributed by atoms with E-state index in [9.17, 15) is 4.79 Å². The molecule has 6 heteroatoms. The van der Waals surface area contributed by atoms with Gasteiger partial charge in [-0.15, -0.1) is 0 Å². The van der Waals surface area contributed by atoms with Gasteiger partial charge in [-0.25, -0.2) is 0 Å². The average Bonchev–Trinajstić information content (AvgIpc) is 3.22. The number of likely N-dealkylation sites (N-methyl/N-ethyl adjacent to an activating group) is 1. The van der Waals surface area contributed by atoms with E-state index >= 15 is 0 Å². The normalized spacial score (nSPS) is 13.1. The Balaban J connectivity index is 1.87. The molecule has 2 atom stereocenters. The molecule has 2 aromatic carbocycles. The molecule has 3 rings (SSSR count). The maximum absolute atomic E-state index is 13.0. The lowest BCUT2D eigenvalue weighted by Crippen LogP contribution is -2.40. The predicted molar refractivity (Wildman–Crippen MR) is 119 cm³/mol. The zero-order valence-electron chi connectivity index (χ0n) is 16.8. The van der Waals surface area contributed by atoms with Gasteiger partial charge < -0.3 is 4.90 Å². The third-order valence-corrected chi connectivity index (χ3v) is 5.91. The van der Waals surface area contributed by atoms with Crippen LogP contribution in [0.3, 0.4) is 0 Å². The number of rotatable bonds is 7. The number of aromatic nitrogens is 2. The van der Waals surface area contributed by atoms with Crippen LogP contribution in [0.15, 0.2) is 54.6 Å². The van der Waals surface area contributed by atoms with Crippen LogP contribution in [0.1, 0.15) is 47.1 Å². The van der Waals surface area contributed by atoms with Crippen LogP contribution in [0.25, 0.3) is 0 Å². The number of nitrogens with zero attached hydrogens (tertiary/aromatic N) is 2. The first-order chi connectivity index (χ1) is 13.9. The lowest BCUT2D eigenvalue weighted by atomic mass is 9.86. The molecule has 0 bridgehead atoms. The molecule has 0 saturated carbocycles. The Kier molecular flexibility index (Phi) is 6.99. The molecule has 0 aliphatic heterocycles. The highest BCUT2D eigenvalue weighted by atomic mass is 35.5. The summed E-state index contributed by atoms with van der Waals surface area (Å²) in [6, 6.07) is 17.5. The van der Waals surface area contributed by atoms with Gasteiger partial charge in [0.05, 0.1) is 5.69 Å². The fourth-order valence-corrected chi connectivity index (χ4v) is 3.70. The van der Waals surface area contributed by atoms with E-state index in [-0.39, 0.29) is 17.9 Å². The number of halogens is 2. The quantitative estimate of drug-likeness (QED) is 0.518. The minimum Gasteiger partial charge on any atom is -0.337 e. The Hall–Kier alpha value is -2.30. The average molecular weight is 430 g/mol. The van der Waals surface area contributed by atoms with Gasteiger partial charge in [-0.1, -0.05) is 54.4 Å². The van der Waals surface area contributed by atoms with Crippen LogP contribution in [0, 0.1) is 0 Å². The van der Waals surface area contributed by atoms with Crippen LogP contribution in [0.2, 0.25) is 10.0 Å². The molecule has 0 spiro atoms. The Labute approximate surface area is 181 Å². The number of benzene rings is 2. The maximum Gasteiger partial charge on any atom is 0.271 e. The molecule has 0 saturated heterocycles. The fraction of sp³-hybridized carbons (Fsp3) is 0.304. The van der Waals surface area contributed by atoms with Crippen molar-refractivity contribution in [1.29, 1.82) is 0 Å². The molecular formula is C23H25Cl2N3O. The highest BCUT2D eigenvalue weighted by Gasteiger charge is 2.27. The molecule has 4 nitrogen and oxygen atoms in total. The third-order valence-electron chi connectivity index (χ3n) is 5.40. The molecule has 1 aromatic heterocycles. The largest absolute Gasteiger partial charge is 0.337 e. The SMILES string of the molecule is CCc1cc(C(=O)N(C)C(C)C(Cc2ccc(Cl)cc2)c2ccc(Cl)cc2)[nH]n1. The number of H-pyrrole nitrogens is 1. The Bertz CT molecular complexity index is 951. The van der Waals surface area contributed by atoms with Gasteiger partial charge in [0.25, 0.3) is 5.91 Å². The van der Waals surface area contributed by atoms with E-state index in [2.05, 4.69) is 17.1 Å². The smallest absolute Gasteiger partial charge is 0.271 e. The number of amides is 1. The van der Waals surface area contributed by atoms with E-state index in [1.807, 2.05) is 68.6 Å². The Morgan fingerprint density at radius 3 is 2.21 bits per heavy atom. The van der Waals surface area contributed by atoms with Crippen molar-refractivity contribution in [3.05, 3.63) is 87.2 Å². The molecule has 1 heterocycles. The van der Waals surface area contributed by atoms with Gasteiger partial charge in [0, 0.05) is 29.1 Å². The summed E-state index contributed by atoms with van der Waals surface area (Å²) in [5, 5.41) is 8.45. The van der Waals surface area contributed by atoms with Gasteiger partial charge in [0.1, 0.15) is 5.69 Å². The molecule has 2 unspecified atom stereocenters. The number of carbonyl (C=O) groups is 1. The van der Waals surface area contributed by atoms with Crippen molar-refractivity contribution in [1.82, 2.24) is 15.1 Å². The van der Waals surface area contributed by atoms with Gasteiger partial charge in [-0.3, -0.25) is 9.89 Å². The predicted octanol–water partition coefficient (Wildman–Crippen LogP) is 5.77. The summed E-state index contributed by atoms with van der Waals surface area (Å²) >= 11 is 12.1. The molecule has 1 N–H and O–H groups in total. The number of nitrogens with one attached hydrogen (secondary N) is 1. The van der Waals surface area contributed by atoms with Crippen molar-refractivity contribution in [2.45, 2.75) is 38.6 Å². The molecule has 3 aromatic rings. The van der Waals surface area contributed by atoms with Crippen LogP contribution >= 0.6 is 23.2 Å². The Morgan fingerprint density at radius 2 is 1.66 bits per heavy atom. The molecule has 0 radical (unpaired) electrons. The van der Waals surface area contributed by atoms with Gasteiger partial charge in [0.2, 0.25) is 0 Å². The van der Waals surface area contributed by atoms with Crippen LogP contribution < -0.4 is 0 Å². The molecule has 0 aliphatic rings. The highest BCUT2D eigenvalue weighted by Crippen LogP contribution is 2.29. The summed E-state index contributed by atoms with van der Waals surface area (Å²) in [5.41, 5.74) is 3.69. The second kappa shape index (κ2) is 9.47. The van der Waals surface area contributed by atoms with E-state index in [0.29, 0.717) is 15.7 Å².